The minimum Gasteiger partial charge on any atom is -0.389 e. The summed E-state index contributed by atoms with van der Waals surface area (Å²) >= 11 is 0. The third-order valence-electron chi connectivity index (χ3n) is 4.99. The molecule has 0 aromatic carbocycles. The summed E-state index contributed by atoms with van der Waals surface area (Å²) in [5.74, 6) is -0.0646. The van der Waals surface area contributed by atoms with Gasteiger partial charge in [-0.1, -0.05) is 19.9 Å². The molecule has 1 aliphatic carbocycles. The lowest BCUT2D eigenvalue weighted by atomic mass is 9.71. The number of nitrogens with zero attached hydrogens (tertiary/aromatic N) is 2. The maximum atomic E-state index is 12.3. The average Bonchev–Trinajstić information content (AvgIpc) is 2.51. The van der Waals surface area contributed by atoms with Crippen LogP contribution in [-0.2, 0) is 4.79 Å². The van der Waals surface area contributed by atoms with Crippen molar-refractivity contribution in [2.75, 3.05) is 26.2 Å². The average molecular weight is 321 g/mol. The summed E-state index contributed by atoms with van der Waals surface area (Å²) in [6, 6.07) is -0.439. The van der Waals surface area contributed by atoms with Gasteiger partial charge >= 0.3 is 6.03 Å². The topological polar surface area (TPSA) is 86.9 Å². The van der Waals surface area contributed by atoms with Crippen LogP contribution in [0.3, 0.4) is 0 Å². The van der Waals surface area contributed by atoms with E-state index in [9.17, 15) is 14.7 Å². The van der Waals surface area contributed by atoms with Gasteiger partial charge in [-0.25, -0.2) is 4.79 Å². The molecule has 0 aromatic rings. The van der Waals surface area contributed by atoms with Gasteiger partial charge in [0.25, 0.3) is 0 Å². The van der Waals surface area contributed by atoms with Crippen LogP contribution >= 0.6 is 0 Å². The Morgan fingerprint density at radius 3 is 2.35 bits per heavy atom. The molecular weight excluding hydrogens is 294 g/mol. The molecule has 128 valence electrons. The van der Waals surface area contributed by atoms with E-state index in [1.54, 1.807) is 15.9 Å². The molecule has 0 bridgehead atoms. The molecular formula is C17H27N3O3. The lowest BCUT2D eigenvalue weighted by molar-refractivity contribution is -0.127. The Bertz CT molecular complexity index is 543. The molecule has 3 N–H and O–H groups in total. The summed E-state index contributed by atoms with van der Waals surface area (Å²) in [7, 11) is 0. The molecule has 0 spiro atoms. The SMILES string of the molecule is CC1=C(/C=C/C(=O)N2CCN(C(N)=O)CC2)C(C)(C)CCC1O. The number of aliphatic hydroxyl groups excluding tert-OH is 1. The van der Waals surface area contributed by atoms with E-state index in [0.717, 1.165) is 24.0 Å². The molecule has 1 fully saturated rings. The Labute approximate surface area is 137 Å². The molecule has 1 unspecified atom stereocenters. The zero-order chi connectivity index (χ0) is 17.2. The minimum atomic E-state index is -0.439. The minimum absolute atomic E-state index is 0.0369. The molecule has 6 nitrogen and oxygen atoms in total. The van der Waals surface area contributed by atoms with Crippen LogP contribution in [0.15, 0.2) is 23.3 Å². The van der Waals surface area contributed by atoms with E-state index >= 15 is 0 Å². The molecule has 2 rings (SSSR count). The highest BCUT2D eigenvalue weighted by molar-refractivity contribution is 5.88. The number of piperazine rings is 1. The van der Waals surface area contributed by atoms with Crippen molar-refractivity contribution in [2.45, 2.75) is 39.7 Å². The van der Waals surface area contributed by atoms with Gasteiger partial charge in [-0.15, -0.1) is 0 Å². The van der Waals surface area contributed by atoms with Crippen molar-refractivity contribution in [2.24, 2.45) is 11.1 Å². The predicted octanol–water partition coefficient (Wildman–Crippen LogP) is 1.26. The van der Waals surface area contributed by atoms with Crippen molar-refractivity contribution in [1.82, 2.24) is 9.80 Å². The van der Waals surface area contributed by atoms with Crippen molar-refractivity contribution in [3.63, 3.8) is 0 Å². The molecule has 6 heteroatoms. The third kappa shape index (κ3) is 3.93. The number of rotatable bonds is 2. The Hall–Kier alpha value is -1.82. The van der Waals surface area contributed by atoms with Crippen molar-refractivity contribution in [1.29, 1.82) is 0 Å². The largest absolute Gasteiger partial charge is 0.389 e. The van der Waals surface area contributed by atoms with Crippen molar-refractivity contribution in [3.8, 4) is 0 Å². The Morgan fingerprint density at radius 2 is 1.78 bits per heavy atom. The first kappa shape index (κ1) is 17.5. The monoisotopic (exact) mass is 321 g/mol. The van der Waals surface area contributed by atoms with Gasteiger partial charge in [0.05, 0.1) is 6.10 Å². The Kier molecular flexibility index (Phi) is 5.14. The molecule has 0 radical (unpaired) electrons. The normalized spacial score (nSPS) is 25.1. The van der Waals surface area contributed by atoms with Crippen LogP contribution in [0.2, 0.25) is 0 Å². The number of nitrogens with two attached hydrogens (primary N) is 1. The first-order chi connectivity index (χ1) is 10.7. The maximum Gasteiger partial charge on any atom is 0.314 e. The van der Waals surface area contributed by atoms with Crippen LogP contribution in [0.25, 0.3) is 0 Å². The second-order valence-corrected chi connectivity index (χ2v) is 7.02. The summed E-state index contributed by atoms with van der Waals surface area (Å²) in [4.78, 5) is 26.7. The number of hydrogen-bond acceptors (Lipinski definition) is 3. The molecule has 1 heterocycles. The number of urea groups is 1. The van der Waals surface area contributed by atoms with Crippen LogP contribution in [-0.4, -0.2) is 59.1 Å². The van der Waals surface area contributed by atoms with Crippen molar-refractivity contribution >= 4 is 11.9 Å². The van der Waals surface area contributed by atoms with E-state index in [2.05, 4.69) is 13.8 Å². The predicted molar refractivity (Wildman–Crippen MR) is 88.6 cm³/mol. The molecule has 23 heavy (non-hydrogen) atoms. The summed E-state index contributed by atoms with van der Waals surface area (Å²) in [5, 5.41) is 10.0. The summed E-state index contributed by atoms with van der Waals surface area (Å²) in [5.41, 5.74) is 7.20. The first-order valence-corrected chi connectivity index (χ1v) is 8.13. The van der Waals surface area contributed by atoms with Crippen LogP contribution < -0.4 is 5.73 Å². The number of hydrogen-bond donors (Lipinski definition) is 2. The van der Waals surface area contributed by atoms with Gasteiger partial charge in [0.15, 0.2) is 0 Å². The van der Waals surface area contributed by atoms with Crippen molar-refractivity contribution in [3.05, 3.63) is 23.3 Å². The lowest BCUT2D eigenvalue weighted by Gasteiger charge is -2.36. The molecule has 1 saturated heterocycles. The third-order valence-corrected chi connectivity index (χ3v) is 4.99. The maximum absolute atomic E-state index is 12.3. The van der Waals surface area contributed by atoms with E-state index in [0.29, 0.717) is 26.2 Å². The molecule has 1 atom stereocenters. The Balaban J connectivity index is 2.04. The smallest absolute Gasteiger partial charge is 0.314 e. The zero-order valence-electron chi connectivity index (χ0n) is 14.2. The van der Waals surface area contributed by atoms with Crippen LogP contribution in [0.5, 0.6) is 0 Å². The van der Waals surface area contributed by atoms with Gasteiger partial charge in [-0.05, 0) is 36.3 Å². The molecule has 0 saturated carbocycles. The standard InChI is InChI=1S/C17H27N3O3/c1-12-13(17(2,3)7-6-14(12)21)4-5-15(22)19-8-10-20(11-9-19)16(18)23/h4-5,14,21H,6-11H2,1-3H3,(H2,18,23)/b5-4+. The molecule has 3 amide bonds. The van der Waals surface area contributed by atoms with Gasteiger partial charge < -0.3 is 20.6 Å². The highest BCUT2D eigenvalue weighted by Gasteiger charge is 2.31. The van der Waals surface area contributed by atoms with Gasteiger partial charge in [0.1, 0.15) is 0 Å². The summed E-state index contributed by atoms with van der Waals surface area (Å²) in [6.07, 6.45) is 4.67. The first-order valence-electron chi connectivity index (χ1n) is 8.13. The van der Waals surface area contributed by atoms with Crippen LogP contribution in [0.1, 0.15) is 33.6 Å². The fraction of sp³-hybridized carbons (Fsp3) is 0.647. The Morgan fingerprint density at radius 1 is 1.22 bits per heavy atom. The number of aliphatic hydroxyl groups is 1. The highest BCUT2D eigenvalue weighted by Crippen LogP contribution is 2.40. The van der Waals surface area contributed by atoms with E-state index < -0.39 is 12.1 Å². The summed E-state index contributed by atoms with van der Waals surface area (Å²) < 4.78 is 0. The lowest BCUT2D eigenvalue weighted by Crippen LogP contribution is -2.51. The number of carbonyl (C=O) groups excluding carboxylic acids is 2. The van der Waals surface area contributed by atoms with Crippen molar-refractivity contribution < 1.29 is 14.7 Å². The van der Waals surface area contributed by atoms with Gasteiger partial charge in [0, 0.05) is 32.3 Å². The summed E-state index contributed by atoms with van der Waals surface area (Å²) in [6.45, 7) is 8.14. The molecule has 1 aliphatic heterocycles. The fourth-order valence-corrected chi connectivity index (χ4v) is 3.33. The number of primary amides is 1. The number of amides is 3. The second-order valence-electron chi connectivity index (χ2n) is 7.02. The van der Waals surface area contributed by atoms with Gasteiger partial charge in [-0.2, -0.15) is 0 Å². The van der Waals surface area contributed by atoms with Crippen LogP contribution in [0, 0.1) is 5.41 Å². The number of carbonyl (C=O) groups is 2. The highest BCUT2D eigenvalue weighted by atomic mass is 16.3. The van der Waals surface area contributed by atoms with E-state index in [-0.39, 0.29) is 11.3 Å². The quantitative estimate of drug-likeness (QED) is 0.751. The fourth-order valence-electron chi connectivity index (χ4n) is 3.33. The van der Waals surface area contributed by atoms with Gasteiger partial charge in [-0.3, -0.25) is 4.79 Å². The molecule has 2 aliphatic rings. The van der Waals surface area contributed by atoms with E-state index in [4.69, 9.17) is 5.73 Å². The van der Waals surface area contributed by atoms with E-state index in [1.165, 1.54) is 0 Å². The zero-order valence-corrected chi connectivity index (χ0v) is 14.2. The molecule has 0 aromatic heterocycles. The second kappa shape index (κ2) is 6.74. The van der Waals surface area contributed by atoms with E-state index in [1.807, 2.05) is 13.0 Å². The van der Waals surface area contributed by atoms with Crippen LogP contribution in [0.4, 0.5) is 4.79 Å². The number of allylic oxidation sites excluding steroid dienone is 2. The van der Waals surface area contributed by atoms with Gasteiger partial charge in [0.2, 0.25) is 5.91 Å².